The van der Waals surface area contributed by atoms with Crippen LogP contribution in [0.4, 0.5) is 5.82 Å². The summed E-state index contributed by atoms with van der Waals surface area (Å²) in [6, 6.07) is 1.84. The highest BCUT2D eigenvalue weighted by molar-refractivity contribution is 7.98. The molecule has 1 N–H and O–H groups in total. The maximum atomic E-state index is 12.3. The van der Waals surface area contributed by atoms with Crippen LogP contribution in [0.5, 0.6) is 0 Å². The molecule has 1 unspecified atom stereocenters. The summed E-state index contributed by atoms with van der Waals surface area (Å²) in [4.78, 5) is 18.2. The van der Waals surface area contributed by atoms with Gasteiger partial charge in [-0.25, -0.2) is 4.98 Å². The smallest absolute Gasteiger partial charge is 0.255 e. The minimum Gasteiger partial charge on any atom is -0.369 e. The number of hydrogen-bond acceptors (Lipinski definition) is 4. The van der Waals surface area contributed by atoms with Crippen LogP contribution in [-0.4, -0.2) is 47.4 Å². The number of hydrogen-bond donors (Lipinski definition) is 1. The largest absolute Gasteiger partial charge is 0.369 e. The van der Waals surface area contributed by atoms with Crippen molar-refractivity contribution in [3.63, 3.8) is 0 Å². The van der Waals surface area contributed by atoms with E-state index in [9.17, 15) is 4.79 Å². The van der Waals surface area contributed by atoms with E-state index in [0.29, 0.717) is 16.4 Å². The van der Waals surface area contributed by atoms with E-state index in [2.05, 4.69) is 10.3 Å². The third-order valence-electron chi connectivity index (χ3n) is 2.82. The van der Waals surface area contributed by atoms with Gasteiger partial charge < -0.3 is 10.2 Å². The van der Waals surface area contributed by atoms with Crippen LogP contribution in [0.2, 0.25) is 5.02 Å². The number of nitrogens with zero attached hydrogens (tertiary/aromatic N) is 2. The molecular weight excluding hydrogens is 282 g/mol. The number of thioether (sulfide) groups is 1. The van der Waals surface area contributed by atoms with Gasteiger partial charge in [-0.2, -0.15) is 11.8 Å². The van der Waals surface area contributed by atoms with Crippen molar-refractivity contribution in [2.45, 2.75) is 19.9 Å². The molecule has 1 aromatic heterocycles. The molecule has 0 bridgehead atoms. The van der Waals surface area contributed by atoms with Gasteiger partial charge in [0.1, 0.15) is 5.82 Å². The van der Waals surface area contributed by atoms with E-state index >= 15 is 0 Å². The number of halogens is 1. The van der Waals surface area contributed by atoms with Crippen molar-refractivity contribution >= 4 is 35.1 Å². The summed E-state index contributed by atoms with van der Waals surface area (Å²) in [5.41, 5.74) is 0.516. The number of rotatable bonds is 6. The first-order chi connectivity index (χ1) is 9.01. The number of aromatic nitrogens is 1. The van der Waals surface area contributed by atoms with Crippen LogP contribution >= 0.6 is 23.4 Å². The third-order valence-corrected chi connectivity index (χ3v) is 3.93. The highest BCUT2D eigenvalue weighted by Crippen LogP contribution is 2.21. The Hall–Kier alpha value is -0.940. The van der Waals surface area contributed by atoms with Crippen LogP contribution in [-0.2, 0) is 0 Å². The second-order valence-corrected chi connectivity index (χ2v) is 5.62. The first kappa shape index (κ1) is 16.1. The Balaban J connectivity index is 2.85. The highest BCUT2D eigenvalue weighted by atomic mass is 35.5. The first-order valence-electron chi connectivity index (χ1n) is 6.16. The number of nitrogens with one attached hydrogen (secondary N) is 1. The Bertz CT molecular complexity index is 442. The lowest BCUT2D eigenvalue weighted by Crippen LogP contribution is -2.36. The van der Waals surface area contributed by atoms with Crippen LogP contribution in [0.15, 0.2) is 12.3 Å². The Morgan fingerprint density at radius 3 is 2.84 bits per heavy atom. The lowest BCUT2D eigenvalue weighted by Gasteiger charge is -2.24. The van der Waals surface area contributed by atoms with E-state index in [0.717, 1.165) is 12.3 Å². The van der Waals surface area contributed by atoms with Crippen LogP contribution in [0.3, 0.4) is 0 Å². The average Bonchev–Trinajstić information content (AvgIpc) is 2.40. The first-order valence-corrected chi connectivity index (χ1v) is 7.93. The summed E-state index contributed by atoms with van der Waals surface area (Å²) < 4.78 is 0. The Kier molecular flexibility index (Phi) is 6.45. The van der Waals surface area contributed by atoms with Gasteiger partial charge in [-0.15, -0.1) is 0 Å². The zero-order valence-corrected chi connectivity index (χ0v) is 13.3. The maximum Gasteiger partial charge on any atom is 0.255 e. The van der Waals surface area contributed by atoms with Crippen molar-refractivity contribution in [2.24, 2.45) is 0 Å². The third kappa shape index (κ3) is 4.28. The number of carbonyl (C=O) groups excluding carboxylic acids is 1. The van der Waals surface area contributed by atoms with Crippen molar-refractivity contribution < 1.29 is 4.79 Å². The zero-order valence-electron chi connectivity index (χ0n) is 11.7. The minimum atomic E-state index is -0.0565. The second-order valence-electron chi connectivity index (χ2n) is 4.31. The SMILES string of the molecule is CCNc1ncc(C(=O)N(C)C(C)CSC)cc1Cl. The molecule has 0 spiro atoms. The van der Waals surface area contributed by atoms with E-state index in [4.69, 9.17) is 11.6 Å². The second kappa shape index (κ2) is 7.60. The molecular formula is C13H20ClN3OS. The molecule has 1 heterocycles. The molecule has 0 aliphatic carbocycles. The predicted molar refractivity (Wildman–Crippen MR) is 83.3 cm³/mol. The van der Waals surface area contributed by atoms with Crippen molar-refractivity contribution in [1.82, 2.24) is 9.88 Å². The molecule has 0 saturated carbocycles. The number of pyridine rings is 1. The lowest BCUT2D eigenvalue weighted by molar-refractivity contribution is 0.0757. The van der Waals surface area contributed by atoms with Crippen LogP contribution in [0, 0.1) is 0 Å². The molecule has 0 saturated heterocycles. The Morgan fingerprint density at radius 2 is 2.32 bits per heavy atom. The fourth-order valence-corrected chi connectivity index (χ4v) is 2.55. The normalized spacial score (nSPS) is 12.1. The van der Waals surface area contributed by atoms with Gasteiger partial charge in [-0.1, -0.05) is 11.6 Å². The van der Waals surface area contributed by atoms with E-state index < -0.39 is 0 Å². The summed E-state index contributed by atoms with van der Waals surface area (Å²) in [5.74, 6) is 1.46. The van der Waals surface area contributed by atoms with Crippen molar-refractivity contribution in [2.75, 3.05) is 30.9 Å². The highest BCUT2D eigenvalue weighted by Gasteiger charge is 2.18. The molecule has 1 aromatic rings. The summed E-state index contributed by atoms with van der Waals surface area (Å²) in [6.45, 7) is 4.73. The summed E-state index contributed by atoms with van der Waals surface area (Å²) in [5, 5.41) is 3.51. The van der Waals surface area contributed by atoms with Gasteiger partial charge in [0, 0.05) is 31.6 Å². The fourth-order valence-electron chi connectivity index (χ4n) is 1.61. The van der Waals surface area contributed by atoms with Crippen molar-refractivity contribution in [1.29, 1.82) is 0 Å². The van der Waals surface area contributed by atoms with Gasteiger partial charge in [0.25, 0.3) is 5.91 Å². The fraction of sp³-hybridized carbons (Fsp3) is 0.538. The molecule has 1 atom stereocenters. The van der Waals surface area contributed by atoms with Gasteiger partial charge in [-0.05, 0) is 26.2 Å². The van der Waals surface area contributed by atoms with Gasteiger partial charge >= 0.3 is 0 Å². The number of amides is 1. The van der Waals surface area contributed by atoms with E-state index in [-0.39, 0.29) is 11.9 Å². The van der Waals surface area contributed by atoms with Crippen LogP contribution in [0.25, 0.3) is 0 Å². The Morgan fingerprint density at radius 1 is 1.63 bits per heavy atom. The van der Waals surface area contributed by atoms with Crippen LogP contribution < -0.4 is 5.32 Å². The van der Waals surface area contributed by atoms with E-state index in [1.807, 2.05) is 20.1 Å². The quantitative estimate of drug-likeness (QED) is 0.877. The van der Waals surface area contributed by atoms with Gasteiger partial charge in [0.15, 0.2) is 0 Å². The molecule has 0 aliphatic rings. The minimum absolute atomic E-state index is 0.0565. The summed E-state index contributed by atoms with van der Waals surface area (Å²) in [6.07, 6.45) is 3.59. The number of anilines is 1. The zero-order chi connectivity index (χ0) is 14.4. The molecule has 106 valence electrons. The van der Waals surface area contributed by atoms with E-state index in [1.165, 1.54) is 0 Å². The lowest BCUT2D eigenvalue weighted by atomic mass is 10.2. The number of carbonyl (C=O) groups is 1. The van der Waals surface area contributed by atoms with Crippen molar-refractivity contribution in [3.05, 3.63) is 22.8 Å². The van der Waals surface area contributed by atoms with Gasteiger partial charge in [-0.3, -0.25) is 4.79 Å². The summed E-state index contributed by atoms with van der Waals surface area (Å²) >= 11 is 7.82. The van der Waals surface area contributed by atoms with Gasteiger partial charge in [0.2, 0.25) is 0 Å². The monoisotopic (exact) mass is 301 g/mol. The van der Waals surface area contributed by atoms with E-state index in [1.54, 1.807) is 36.0 Å². The molecule has 1 amide bonds. The molecule has 0 radical (unpaired) electrons. The standard InChI is InChI=1S/C13H20ClN3OS/c1-5-15-12-11(14)6-10(7-16-12)13(18)17(3)9(2)8-19-4/h6-7,9H,5,8H2,1-4H3,(H,15,16). The van der Waals surface area contributed by atoms with Gasteiger partial charge in [0.05, 0.1) is 10.6 Å². The predicted octanol–water partition coefficient (Wildman–Crippen LogP) is 2.99. The molecule has 6 heteroatoms. The Labute approximate surface area is 123 Å². The topological polar surface area (TPSA) is 45.2 Å². The molecule has 0 aliphatic heterocycles. The summed E-state index contributed by atoms with van der Waals surface area (Å²) in [7, 11) is 1.80. The molecule has 1 rings (SSSR count). The maximum absolute atomic E-state index is 12.3. The molecule has 4 nitrogen and oxygen atoms in total. The van der Waals surface area contributed by atoms with Crippen LogP contribution in [0.1, 0.15) is 24.2 Å². The molecule has 0 fully saturated rings. The molecule has 0 aromatic carbocycles. The molecule has 19 heavy (non-hydrogen) atoms. The average molecular weight is 302 g/mol. The van der Waals surface area contributed by atoms with Crippen molar-refractivity contribution in [3.8, 4) is 0 Å².